The van der Waals surface area contributed by atoms with Gasteiger partial charge in [0.2, 0.25) is 0 Å². The van der Waals surface area contributed by atoms with Crippen molar-refractivity contribution in [1.29, 1.82) is 5.26 Å². The topological polar surface area (TPSA) is 96.3 Å². The fourth-order valence-electron chi connectivity index (χ4n) is 3.66. The Balaban J connectivity index is 1.56. The Hall–Kier alpha value is -3.25. The van der Waals surface area contributed by atoms with Crippen LogP contribution in [0, 0.1) is 11.3 Å². The van der Waals surface area contributed by atoms with E-state index in [1.165, 1.54) is 11.6 Å². The number of nitrogens with zero attached hydrogens (tertiary/aromatic N) is 2. The van der Waals surface area contributed by atoms with Gasteiger partial charge in [-0.3, -0.25) is 4.79 Å². The molecule has 1 aromatic heterocycles. The van der Waals surface area contributed by atoms with Gasteiger partial charge in [0, 0.05) is 30.7 Å². The number of fused-ring (bicyclic) bond motifs is 1. The smallest absolute Gasteiger partial charge is 0.310 e. The minimum Gasteiger partial charge on any atom is -0.380 e. The summed E-state index contributed by atoms with van der Waals surface area (Å²) in [6.45, 7) is 4.14. The monoisotopic (exact) mass is 560 g/mol. The molecule has 1 atom stereocenters. The first-order valence-corrected chi connectivity index (χ1v) is 13.7. The number of benzene rings is 2. The number of hydroxylamine groups is 1. The van der Waals surface area contributed by atoms with Crippen LogP contribution >= 0.6 is 21.6 Å². The lowest BCUT2D eigenvalue weighted by atomic mass is 10.0. The molecular formula is C23H21F5N4O3S2. The molecule has 198 valence electrons. The molecule has 0 saturated carbocycles. The van der Waals surface area contributed by atoms with Crippen molar-refractivity contribution in [1.82, 2.24) is 10.5 Å². The molecule has 1 aliphatic heterocycles. The van der Waals surface area contributed by atoms with Crippen LogP contribution in [0.2, 0.25) is 0 Å². The van der Waals surface area contributed by atoms with Crippen LogP contribution in [0.3, 0.4) is 0 Å². The number of aromatic nitrogens is 1. The quantitative estimate of drug-likeness (QED) is 0.174. The van der Waals surface area contributed by atoms with E-state index in [0.717, 1.165) is 36.3 Å². The Morgan fingerprint density at radius 2 is 1.97 bits per heavy atom. The van der Waals surface area contributed by atoms with Crippen LogP contribution in [0.4, 0.5) is 25.1 Å². The third kappa shape index (κ3) is 6.19. The van der Waals surface area contributed by atoms with Crippen molar-refractivity contribution >= 4 is 43.4 Å². The number of anilines is 1. The van der Waals surface area contributed by atoms with Crippen LogP contribution in [0.1, 0.15) is 24.8 Å². The van der Waals surface area contributed by atoms with Crippen molar-refractivity contribution in [2.24, 2.45) is 0 Å². The minimum atomic E-state index is -9.83. The number of amides is 1. The SMILES string of the molecule is C=C(CNc1cc(-c2ccc(S(F)(F)(F)(F)F)cc2)c2ncsc2c1C#N)C(=O)NOC1CCCCO1. The summed E-state index contributed by atoms with van der Waals surface area (Å²) in [6, 6.07) is 6.02. The van der Waals surface area contributed by atoms with Crippen molar-refractivity contribution in [3.05, 3.63) is 53.6 Å². The number of nitriles is 1. The van der Waals surface area contributed by atoms with Gasteiger partial charge >= 0.3 is 10.2 Å². The summed E-state index contributed by atoms with van der Waals surface area (Å²) >= 11 is 1.13. The number of halogens is 5. The van der Waals surface area contributed by atoms with Gasteiger partial charge in [0.1, 0.15) is 11.0 Å². The van der Waals surface area contributed by atoms with Gasteiger partial charge in [-0.2, -0.15) is 5.26 Å². The van der Waals surface area contributed by atoms with Gasteiger partial charge in [-0.05, 0) is 36.6 Å². The standard InChI is InChI=1S/C23H21F5N4O3S2/c1-14(23(33)32-35-20-4-2-3-9-34-20)12-30-19-10-17(21-22(18(19)11-29)36-13-31-21)15-5-7-16(8-6-15)37(24,25,26,27)28/h5-8,10,13,20,30H,1-4,9,12H2,(H,32,33). The van der Waals surface area contributed by atoms with Crippen LogP contribution in [-0.4, -0.2) is 30.3 Å². The predicted octanol–water partition coefficient (Wildman–Crippen LogP) is 7.03. The van der Waals surface area contributed by atoms with E-state index in [4.69, 9.17) is 9.57 Å². The van der Waals surface area contributed by atoms with E-state index in [1.807, 2.05) is 0 Å². The van der Waals surface area contributed by atoms with Gasteiger partial charge < -0.3 is 10.1 Å². The molecule has 0 aliphatic carbocycles. The highest BCUT2D eigenvalue weighted by molar-refractivity contribution is 8.45. The highest BCUT2D eigenvalue weighted by Gasteiger charge is 2.65. The Kier molecular flexibility index (Phi) is 6.70. The van der Waals surface area contributed by atoms with Gasteiger partial charge in [0.25, 0.3) is 5.91 Å². The number of hydrogen-bond acceptors (Lipinski definition) is 7. The van der Waals surface area contributed by atoms with Crippen molar-refractivity contribution < 1.29 is 33.8 Å². The van der Waals surface area contributed by atoms with E-state index in [-0.39, 0.29) is 28.9 Å². The van der Waals surface area contributed by atoms with Crippen molar-refractivity contribution in [2.45, 2.75) is 30.4 Å². The molecule has 2 N–H and O–H groups in total. The first-order valence-electron chi connectivity index (χ1n) is 10.9. The van der Waals surface area contributed by atoms with Gasteiger partial charge in [0.05, 0.1) is 27.0 Å². The maximum Gasteiger partial charge on any atom is 0.310 e. The minimum absolute atomic E-state index is 0.0749. The molecule has 1 aliphatic rings. The van der Waals surface area contributed by atoms with E-state index in [9.17, 15) is 29.5 Å². The zero-order valence-corrected chi connectivity index (χ0v) is 20.7. The Morgan fingerprint density at radius 3 is 2.59 bits per heavy atom. The zero-order chi connectivity index (χ0) is 26.9. The van der Waals surface area contributed by atoms with Crippen LogP contribution in [0.5, 0.6) is 0 Å². The zero-order valence-electron chi connectivity index (χ0n) is 19.1. The van der Waals surface area contributed by atoms with Crippen LogP contribution in [-0.2, 0) is 14.4 Å². The molecule has 2 heterocycles. The first-order chi connectivity index (χ1) is 17.3. The lowest BCUT2D eigenvalue weighted by molar-refractivity contribution is -0.198. The average Bonchev–Trinajstić information content (AvgIpc) is 3.34. The molecule has 37 heavy (non-hydrogen) atoms. The number of carbonyl (C=O) groups is 1. The molecule has 0 bridgehead atoms. The summed E-state index contributed by atoms with van der Waals surface area (Å²) in [4.78, 5) is 19.8. The second kappa shape index (κ2) is 9.25. The Labute approximate surface area is 212 Å². The average molecular weight is 561 g/mol. The molecule has 14 heteroatoms. The largest absolute Gasteiger partial charge is 0.380 e. The van der Waals surface area contributed by atoms with E-state index in [0.29, 0.717) is 40.9 Å². The summed E-state index contributed by atoms with van der Waals surface area (Å²) in [6.07, 6.45) is 1.91. The maximum absolute atomic E-state index is 13.1. The van der Waals surface area contributed by atoms with E-state index < -0.39 is 27.3 Å². The lowest BCUT2D eigenvalue weighted by Crippen LogP contribution is -2.34. The molecule has 0 radical (unpaired) electrons. The van der Waals surface area contributed by atoms with Crippen LogP contribution in [0.15, 0.2) is 52.9 Å². The number of hydrogen-bond donors (Lipinski definition) is 2. The predicted molar refractivity (Wildman–Crippen MR) is 132 cm³/mol. The first kappa shape index (κ1) is 26.8. The molecule has 7 nitrogen and oxygen atoms in total. The fraction of sp³-hybridized carbons (Fsp3) is 0.261. The molecule has 1 amide bonds. The maximum atomic E-state index is 13.1. The van der Waals surface area contributed by atoms with Crippen molar-refractivity contribution in [2.75, 3.05) is 18.5 Å². The molecule has 4 rings (SSSR count). The number of ether oxygens (including phenoxy) is 1. The highest BCUT2D eigenvalue weighted by Crippen LogP contribution is 3.02. The Bertz CT molecular complexity index is 1400. The Morgan fingerprint density at radius 1 is 1.24 bits per heavy atom. The van der Waals surface area contributed by atoms with E-state index >= 15 is 0 Å². The third-order valence-electron chi connectivity index (χ3n) is 5.56. The van der Waals surface area contributed by atoms with Crippen LogP contribution < -0.4 is 10.8 Å². The summed E-state index contributed by atoms with van der Waals surface area (Å²) < 4.78 is 71.5. The van der Waals surface area contributed by atoms with Gasteiger partial charge in [-0.15, -0.1) is 11.3 Å². The molecule has 1 fully saturated rings. The summed E-state index contributed by atoms with van der Waals surface area (Å²) in [7, 11) is -9.83. The van der Waals surface area contributed by atoms with Crippen molar-refractivity contribution in [3.63, 3.8) is 0 Å². The van der Waals surface area contributed by atoms with Crippen molar-refractivity contribution in [3.8, 4) is 17.2 Å². The molecule has 2 aromatic carbocycles. The second-order valence-electron chi connectivity index (χ2n) is 8.28. The molecule has 1 unspecified atom stereocenters. The second-order valence-corrected chi connectivity index (χ2v) is 11.5. The number of rotatable bonds is 8. The number of nitrogens with one attached hydrogen (secondary N) is 2. The van der Waals surface area contributed by atoms with Gasteiger partial charge in [0.15, 0.2) is 6.29 Å². The molecular weight excluding hydrogens is 539 g/mol. The lowest BCUT2D eigenvalue weighted by Gasteiger charge is -2.40. The summed E-state index contributed by atoms with van der Waals surface area (Å²) in [5.74, 6) is -0.606. The van der Waals surface area contributed by atoms with E-state index in [1.54, 1.807) is 0 Å². The summed E-state index contributed by atoms with van der Waals surface area (Å²) in [5.41, 5.74) is 5.10. The van der Waals surface area contributed by atoms with Gasteiger partial charge in [-0.25, -0.2) is 15.3 Å². The normalized spacial score (nSPS) is 17.9. The fourth-order valence-corrected chi connectivity index (χ4v) is 5.12. The summed E-state index contributed by atoms with van der Waals surface area (Å²) in [5, 5.41) is 12.7. The number of carbonyl (C=O) groups excluding carboxylic acids is 1. The van der Waals surface area contributed by atoms with E-state index in [2.05, 4.69) is 28.4 Å². The molecule has 0 spiro atoms. The molecule has 3 aromatic rings. The highest BCUT2D eigenvalue weighted by atomic mass is 32.5. The third-order valence-corrected chi connectivity index (χ3v) is 7.57. The molecule has 1 saturated heterocycles. The van der Waals surface area contributed by atoms with Crippen LogP contribution in [0.25, 0.3) is 21.3 Å². The van der Waals surface area contributed by atoms with Gasteiger partial charge in [-0.1, -0.05) is 38.1 Å². The number of thiazole rings is 1.